The van der Waals surface area contributed by atoms with Crippen molar-refractivity contribution in [3.05, 3.63) is 58.3 Å². The van der Waals surface area contributed by atoms with Crippen LogP contribution in [0.2, 0.25) is 0 Å². The minimum absolute atomic E-state index is 0.0791. The molecule has 1 aromatic carbocycles. The second-order valence-corrected chi connectivity index (χ2v) is 9.60. The summed E-state index contributed by atoms with van der Waals surface area (Å²) in [5.74, 6) is -0.522. The Balaban J connectivity index is 1.61. The van der Waals surface area contributed by atoms with Gasteiger partial charge >= 0.3 is 12.0 Å². The zero-order valence-electron chi connectivity index (χ0n) is 19.4. The number of carbonyl (C=O) groups is 3. The number of ether oxygens (including phenoxy) is 1. The first-order valence-corrected chi connectivity index (χ1v) is 12.2. The number of amides is 3. The highest BCUT2D eigenvalue weighted by molar-refractivity contribution is 8.00. The lowest BCUT2D eigenvalue weighted by Gasteiger charge is -2.17. The van der Waals surface area contributed by atoms with Crippen LogP contribution in [0.4, 0.5) is 4.79 Å². The zero-order chi connectivity index (χ0) is 24.9. The fraction of sp³-hybridized carbons (Fsp3) is 0.375. The van der Waals surface area contributed by atoms with Crippen molar-refractivity contribution in [1.82, 2.24) is 20.2 Å². The van der Waals surface area contributed by atoms with E-state index >= 15 is 0 Å². The van der Waals surface area contributed by atoms with Gasteiger partial charge in [0.25, 0.3) is 5.56 Å². The highest BCUT2D eigenvalue weighted by Crippen LogP contribution is 2.24. The fourth-order valence-electron chi connectivity index (χ4n) is 3.95. The first-order valence-electron chi connectivity index (χ1n) is 11.3. The number of thioether (sulfide) groups is 1. The van der Waals surface area contributed by atoms with E-state index < -0.39 is 23.2 Å². The van der Waals surface area contributed by atoms with Crippen LogP contribution in [0.1, 0.15) is 48.7 Å². The summed E-state index contributed by atoms with van der Waals surface area (Å²) in [6.07, 6.45) is 5.43. The van der Waals surface area contributed by atoms with E-state index in [1.807, 2.05) is 0 Å². The Morgan fingerprint density at radius 1 is 1.26 bits per heavy atom. The molecule has 1 unspecified atom stereocenters. The van der Waals surface area contributed by atoms with E-state index in [-0.39, 0.29) is 28.9 Å². The average molecular weight is 499 g/mol. The standard InChI is InChI=1S/C24H26N4O6S/c1-14(20(29)27-23(32)25-16-6-3-4-7-16)35-24-26-19-12-15(22(31)33-2)9-10-18(19)21(30)28(24)13-17-8-5-11-34-17/h5,8-12,14,16H,3-4,6-7,13H2,1-2H3,(H2,25,27,29,32). The molecule has 10 nitrogen and oxygen atoms in total. The van der Waals surface area contributed by atoms with Crippen LogP contribution in [0, 0.1) is 0 Å². The molecule has 1 atom stereocenters. The first-order chi connectivity index (χ1) is 16.9. The van der Waals surface area contributed by atoms with Gasteiger partial charge in [-0.05, 0) is 50.1 Å². The summed E-state index contributed by atoms with van der Waals surface area (Å²) in [5, 5.41) is 5.01. The summed E-state index contributed by atoms with van der Waals surface area (Å²) in [7, 11) is 1.27. The molecule has 35 heavy (non-hydrogen) atoms. The number of carbonyl (C=O) groups excluding carboxylic acids is 3. The molecule has 3 aromatic rings. The van der Waals surface area contributed by atoms with Crippen LogP contribution in [0.3, 0.4) is 0 Å². The number of hydrogen-bond donors (Lipinski definition) is 2. The Morgan fingerprint density at radius 3 is 2.71 bits per heavy atom. The Hall–Kier alpha value is -3.60. The highest BCUT2D eigenvalue weighted by atomic mass is 32.2. The topological polar surface area (TPSA) is 133 Å². The molecule has 11 heteroatoms. The maximum Gasteiger partial charge on any atom is 0.337 e. The molecule has 3 amide bonds. The van der Waals surface area contributed by atoms with E-state index in [9.17, 15) is 19.2 Å². The van der Waals surface area contributed by atoms with Gasteiger partial charge in [0.2, 0.25) is 5.91 Å². The van der Waals surface area contributed by atoms with Gasteiger partial charge in [-0.25, -0.2) is 14.6 Å². The SMILES string of the molecule is COC(=O)c1ccc2c(=O)n(Cc3ccco3)c(SC(C)C(=O)NC(=O)NC3CCCC3)nc2c1. The Bertz CT molecular complexity index is 1300. The number of hydrogen-bond acceptors (Lipinski definition) is 8. The average Bonchev–Trinajstić information content (AvgIpc) is 3.55. The second kappa shape index (κ2) is 10.8. The molecule has 1 aliphatic carbocycles. The van der Waals surface area contributed by atoms with Gasteiger partial charge in [-0.1, -0.05) is 24.6 Å². The molecule has 0 spiro atoms. The van der Waals surface area contributed by atoms with E-state index in [0.717, 1.165) is 37.4 Å². The van der Waals surface area contributed by atoms with E-state index in [1.54, 1.807) is 19.1 Å². The Labute approximate surface area is 205 Å². The van der Waals surface area contributed by atoms with E-state index in [4.69, 9.17) is 9.15 Å². The number of imide groups is 1. The van der Waals surface area contributed by atoms with Gasteiger partial charge in [0.1, 0.15) is 5.76 Å². The number of urea groups is 1. The molecule has 0 saturated heterocycles. The molecule has 0 radical (unpaired) electrons. The quantitative estimate of drug-likeness (QED) is 0.289. The monoisotopic (exact) mass is 498 g/mol. The predicted octanol–water partition coefficient (Wildman–Crippen LogP) is 3.07. The molecule has 0 bridgehead atoms. The van der Waals surface area contributed by atoms with Gasteiger partial charge < -0.3 is 14.5 Å². The van der Waals surface area contributed by atoms with Crippen molar-refractivity contribution in [2.45, 2.75) is 55.6 Å². The lowest BCUT2D eigenvalue weighted by atomic mass is 10.1. The van der Waals surface area contributed by atoms with Gasteiger partial charge in [0.05, 0.1) is 41.6 Å². The van der Waals surface area contributed by atoms with Crippen LogP contribution >= 0.6 is 11.8 Å². The van der Waals surface area contributed by atoms with Gasteiger partial charge in [-0.2, -0.15) is 0 Å². The van der Waals surface area contributed by atoms with Crippen LogP contribution in [0.25, 0.3) is 10.9 Å². The van der Waals surface area contributed by atoms with Crippen molar-refractivity contribution in [2.75, 3.05) is 7.11 Å². The van der Waals surface area contributed by atoms with E-state index in [0.29, 0.717) is 16.7 Å². The van der Waals surface area contributed by atoms with Crippen molar-refractivity contribution in [3.8, 4) is 0 Å². The number of methoxy groups -OCH3 is 1. The van der Waals surface area contributed by atoms with Crippen molar-refractivity contribution in [2.24, 2.45) is 0 Å². The first kappa shape index (κ1) is 24.5. The highest BCUT2D eigenvalue weighted by Gasteiger charge is 2.24. The largest absolute Gasteiger partial charge is 0.467 e. The second-order valence-electron chi connectivity index (χ2n) is 8.29. The summed E-state index contributed by atoms with van der Waals surface area (Å²) in [6.45, 7) is 1.73. The van der Waals surface area contributed by atoms with Gasteiger partial charge in [-0.15, -0.1) is 0 Å². The Kier molecular flexibility index (Phi) is 7.54. The Morgan fingerprint density at radius 2 is 2.03 bits per heavy atom. The van der Waals surface area contributed by atoms with Crippen LogP contribution in [0.5, 0.6) is 0 Å². The molecular formula is C24H26N4O6S. The fourth-order valence-corrected chi connectivity index (χ4v) is 4.86. The summed E-state index contributed by atoms with van der Waals surface area (Å²) in [6, 6.07) is 7.49. The molecule has 1 aliphatic rings. The third kappa shape index (κ3) is 5.73. The number of nitrogens with one attached hydrogen (secondary N) is 2. The molecule has 2 N–H and O–H groups in total. The van der Waals surface area contributed by atoms with Crippen LogP contribution < -0.4 is 16.2 Å². The summed E-state index contributed by atoms with van der Waals surface area (Å²) in [5.41, 5.74) is 0.195. The minimum atomic E-state index is -0.736. The lowest BCUT2D eigenvalue weighted by molar-refractivity contribution is -0.119. The predicted molar refractivity (Wildman–Crippen MR) is 129 cm³/mol. The van der Waals surface area contributed by atoms with Crippen molar-refractivity contribution < 1.29 is 23.5 Å². The van der Waals surface area contributed by atoms with Crippen molar-refractivity contribution in [1.29, 1.82) is 0 Å². The van der Waals surface area contributed by atoms with Crippen LogP contribution in [0.15, 0.2) is 51.0 Å². The number of nitrogens with zero attached hydrogens (tertiary/aromatic N) is 2. The molecule has 2 heterocycles. The molecule has 2 aromatic heterocycles. The molecular weight excluding hydrogens is 472 g/mol. The van der Waals surface area contributed by atoms with Crippen LogP contribution in [-0.2, 0) is 16.1 Å². The van der Waals surface area contributed by atoms with Crippen molar-refractivity contribution in [3.63, 3.8) is 0 Å². The molecule has 1 fully saturated rings. The summed E-state index contributed by atoms with van der Waals surface area (Å²) in [4.78, 5) is 54.8. The van der Waals surface area contributed by atoms with Crippen molar-refractivity contribution >= 4 is 40.6 Å². The number of esters is 1. The normalized spacial score (nSPS) is 14.6. The van der Waals surface area contributed by atoms with E-state index in [1.165, 1.54) is 36.1 Å². The molecule has 184 valence electrons. The molecule has 1 saturated carbocycles. The van der Waals surface area contributed by atoms with Crippen LogP contribution in [-0.4, -0.2) is 45.9 Å². The summed E-state index contributed by atoms with van der Waals surface area (Å²) >= 11 is 1.04. The maximum atomic E-state index is 13.3. The smallest absolute Gasteiger partial charge is 0.337 e. The number of rotatable bonds is 7. The van der Waals surface area contributed by atoms with Gasteiger partial charge in [-0.3, -0.25) is 19.5 Å². The number of fused-ring (bicyclic) bond motifs is 1. The van der Waals surface area contributed by atoms with Gasteiger partial charge in [0, 0.05) is 6.04 Å². The molecule has 4 rings (SSSR count). The number of benzene rings is 1. The number of aromatic nitrogens is 2. The minimum Gasteiger partial charge on any atom is -0.467 e. The third-order valence-corrected chi connectivity index (χ3v) is 6.90. The zero-order valence-corrected chi connectivity index (χ0v) is 20.2. The maximum absolute atomic E-state index is 13.3. The van der Waals surface area contributed by atoms with Gasteiger partial charge in [0.15, 0.2) is 5.16 Å². The number of furan rings is 1. The lowest BCUT2D eigenvalue weighted by Crippen LogP contribution is -2.46. The summed E-state index contributed by atoms with van der Waals surface area (Å²) < 4.78 is 11.6. The molecule has 0 aliphatic heterocycles. The third-order valence-electron chi connectivity index (χ3n) is 5.81. The van der Waals surface area contributed by atoms with E-state index in [2.05, 4.69) is 15.6 Å².